The number of carbonyl (C=O) groups is 4. The summed E-state index contributed by atoms with van der Waals surface area (Å²) in [6, 6.07) is -1.22. The number of hydrogen-bond donors (Lipinski definition) is 2. The minimum atomic E-state index is -1.37. The number of esters is 2. The van der Waals surface area contributed by atoms with Crippen molar-refractivity contribution in [1.29, 1.82) is 0 Å². The molecule has 23 heavy (non-hydrogen) atoms. The van der Waals surface area contributed by atoms with Gasteiger partial charge in [-0.3, -0.25) is 19.2 Å². The number of primary amides is 1. The molecule has 0 aromatic rings. The van der Waals surface area contributed by atoms with Crippen molar-refractivity contribution in [2.24, 2.45) is 23.5 Å². The summed E-state index contributed by atoms with van der Waals surface area (Å²) in [6.07, 6.45) is 0.531. The first-order chi connectivity index (χ1) is 10.8. The molecule has 1 aliphatic rings. The number of ether oxygens (including phenoxy) is 3. The standard InChI is InChI=1S/C14H22N2O7/c1-7(9(13(19)21-2)14(20)22-3)10(11(15)17)16-12(18)8-4-5-23-6-8/h7-10H,4-6H2,1-3H3,(H2,15,17)(H,16,18)/t7-,8+,10-/m0/s1. The van der Waals surface area contributed by atoms with Crippen LogP contribution in [0.5, 0.6) is 0 Å². The SMILES string of the molecule is COC(=O)C(C(=O)OC)[C@H](C)[C@H](NC(=O)[C@@H]1CCOC1)C(N)=O. The zero-order valence-corrected chi connectivity index (χ0v) is 13.4. The van der Waals surface area contributed by atoms with Crippen LogP contribution in [0.15, 0.2) is 0 Å². The third-order valence-electron chi connectivity index (χ3n) is 3.87. The molecule has 0 bridgehead atoms. The van der Waals surface area contributed by atoms with E-state index in [4.69, 9.17) is 10.5 Å². The second kappa shape index (κ2) is 8.47. The molecule has 0 saturated carbocycles. The summed E-state index contributed by atoms with van der Waals surface area (Å²) >= 11 is 0. The van der Waals surface area contributed by atoms with E-state index in [2.05, 4.69) is 14.8 Å². The molecule has 2 amide bonds. The molecule has 0 spiro atoms. The lowest BCUT2D eigenvalue weighted by Crippen LogP contribution is -2.54. The summed E-state index contributed by atoms with van der Waals surface area (Å²) in [6.45, 7) is 2.16. The quantitative estimate of drug-likeness (QED) is 0.432. The van der Waals surface area contributed by atoms with Gasteiger partial charge < -0.3 is 25.3 Å². The van der Waals surface area contributed by atoms with E-state index in [-0.39, 0.29) is 6.61 Å². The van der Waals surface area contributed by atoms with Gasteiger partial charge in [0, 0.05) is 12.5 Å². The van der Waals surface area contributed by atoms with Crippen molar-refractivity contribution in [2.45, 2.75) is 19.4 Å². The Morgan fingerprint density at radius 3 is 2.13 bits per heavy atom. The third kappa shape index (κ3) is 4.65. The highest BCUT2D eigenvalue weighted by Crippen LogP contribution is 2.21. The summed E-state index contributed by atoms with van der Waals surface area (Å²) in [4.78, 5) is 47.5. The summed E-state index contributed by atoms with van der Waals surface area (Å²) < 4.78 is 14.2. The van der Waals surface area contributed by atoms with Crippen LogP contribution < -0.4 is 11.1 Å². The molecule has 9 nitrogen and oxygen atoms in total. The Balaban J connectivity index is 2.92. The van der Waals surface area contributed by atoms with Crippen molar-refractivity contribution in [3.05, 3.63) is 0 Å². The van der Waals surface area contributed by atoms with Gasteiger partial charge in [0.15, 0.2) is 5.92 Å². The minimum Gasteiger partial charge on any atom is -0.468 e. The zero-order chi connectivity index (χ0) is 17.6. The van der Waals surface area contributed by atoms with Gasteiger partial charge in [0.05, 0.1) is 26.7 Å². The smallest absolute Gasteiger partial charge is 0.320 e. The lowest BCUT2D eigenvalue weighted by atomic mass is 9.86. The molecular weight excluding hydrogens is 308 g/mol. The first kappa shape index (κ1) is 18.9. The molecule has 9 heteroatoms. The van der Waals surface area contributed by atoms with Crippen molar-refractivity contribution >= 4 is 23.8 Å². The largest absolute Gasteiger partial charge is 0.468 e. The Labute approximate surface area is 133 Å². The number of amides is 2. The number of nitrogens with one attached hydrogen (secondary N) is 1. The fourth-order valence-electron chi connectivity index (χ4n) is 2.45. The highest BCUT2D eigenvalue weighted by Gasteiger charge is 2.42. The average molecular weight is 330 g/mol. The van der Waals surface area contributed by atoms with E-state index in [0.29, 0.717) is 13.0 Å². The van der Waals surface area contributed by atoms with Crippen LogP contribution in [0.3, 0.4) is 0 Å². The Hall–Kier alpha value is -2.16. The maximum Gasteiger partial charge on any atom is 0.320 e. The van der Waals surface area contributed by atoms with Crippen LogP contribution >= 0.6 is 0 Å². The van der Waals surface area contributed by atoms with Gasteiger partial charge in [-0.05, 0) is 6.42 Å². The number of nitrogens with two attached hydrogens (primary N) is 1. The number of methoxy groups -OCH3 is 2. The molecular formula is C14H22N2O7. The summed E-state index contributed by atoms with van der Waals surface area (Å²) in [5.41, 5.74) is 5.32. The van der Waals surface area contributed by atoms with Crippen LogP contribution in [0.2, 0.25) is 0 Å². The second-order valence-corrected chi connectivity index (χ2v) is 5.33. The highest BCUT2D eigenvalue weighted by molar-refractivity contribution is 5.97. The fourth-order valence-corrected chi connectivity index (χ4v) is 2.45. The number of carbonyl (C=O) groups excluding carboxylic acids is 4. The monoisotopic (exact) mass is 330 g/mol. The van der Waals surface area contributed by atoms with Crippen molar-refractivity contribution in [2.75, 3.05) is 27.4 Å². The van der Waals surface area contributed by atoms with Crippen LogP contribution in [-0.4, -0.2) is 57.2 Å². The fraction of sp³-hybridized carbons (Fsp3) is 0.714. The van der Waals surface area contributed by atoms with Crippen molar-refractivity contribution in [1.82, 2.24) is 5.32 Å². The molecule has 0 aromatic heterocycles. The summed E-state index contributed by atoms with van der Waals surface area (Å²) in [7, 11) is 2.22. The topological polar surface area (TPSA) is 134 Å². The van der Waals surface area contributed by atoms with E-state index < -0.39 is 47.5 Å². The lowest BCUT2D eigenvalue weighted by Gasteiger charge is -2.27. The molecule has 1 heterocycles. The number of rotatable bonds is 7. The van der Waals surface area contributed by atoms with Crippen molar-refractivity contribution in [3.63, 3.8) is 0 Å². The van der Waals surface area contributed by atoms with Crippen LogP contribution in [0, 0.1) is 17.8 Å². The maximum absolute atomic E-state index is 12.1. The summed E-state index contributed by atoms with van der Waals surface area (Å²) in [5, 5.41) is 2.49. The van der Waals surface area contributed by atoms with Gasteiger partial charge in [-0.2, -0.15) is 0 Å². The molecule has 1 aliphatic heterocycles. The van der Waals surface area contributed by atoms with Gasteiger partial charge in [-0.1, -0.05) is 6.92 Å². The molecule has 3 atom stereocenters. The van der Waals surface area contributed by atoms with E-state index in [1.54, 1.807) is 0 Å². The predicted molar refractivity (Wildman–Crippen MR) is 76.7 cm³/mol. The van der Waals surface area contributed by atoms with Crippen molar-refractivity contribution < 1.29 is 33.4 Å². The van der Waals surface area contributed by atoms with E-state index in [1.807, 2.05) is 0 Å². The van der Waals surface area contributed by atoms with Crippen molar-refractivity contribution in [3.8, 4) is 0 Å². The Kier molecular flexibility index (Phi) is 6.95. The molecule has 1 rings (SSSR count). The highest BCUT2D eigenvalue weighted by atomic mass is 16.5. The van der Waals surface area contributed by atoms with Gasteiger partial charge in [0.25, 0.3) is 0 Å². The van der Waals surface area contributed by atoms with E-state index in [9.17, 15) is 19.2 Å². The Bertz CT molecular complexity index is 458. The van der Waals surface area contributed by atoms with E-state index >= 15 is 0 Å². The molecule has 0 aliphatic carbocycles. The molecule has 0 radical (unpaired) electrons. The second-order valence-electron chi connectivity index (χ2n) is 5.33. The van der Waals surface area contributed by atoms with E-state index in [0.717, 1.165) is 14.2 Å². The molecule has 130 valence electrons. The van der Waals surface area contributed by atoms with Gasteiger partial charge >= 0.3 is 11.9 Å². The zero-order valence-electron chi connectivity index (χ0n) is 13.4. The van der Waals surface area contributed by atoms with E-state index in [1.165, 1.54) is 6.92 Å². The molecule has 3 N–H and O–H groups in total. The summed E-state index contributed by atoms with van der Waals surface area (Å²) in [5.74, 6) is -5.70. The van der Waals surface area contributed by atoms with Crippen LogP contribution in [0.4, 0.5) is 0 Å². The third-order valence-corrected chi connectivity index (χ3v) is 3.87. The molecule has 1 fully saturated rings. The molecule has 0 unspecified atom stereocenters. The Morgan fingerprint density at radius 1 is 1.17 bits per heavy atom. The lowest BCUT2D eigenvalue weighted by molar-refractivity contribution is -0.162. The van der Waals surface area contributed by atoms with Crippen LogP contribution in [0.25, 0.3) is 0 Å². The van der Waals surface area contributed by atoms with Crippen LogP contribution in [-0.2, 0) is 33.4 Å². The normalized spacial score (nSPS) is 19.7. The van der Waals surface area contributed by atoms with Crippen LogP contribution in [0.1, 0.15) is 13.3 Å². The van der Waals surface area contributed by atoms with Gasteiger partial charge in [-0.15, -0.1) is 0 Å². The Morgan fingerprint density at radius 2 is 1.74 bits per heavy atom. The van der Waals surface area contributed by atoms with Gasteiger partial charge in [0.1, 0.15) is 6.04 Å². The first-order valence-electron chi connectivity index (χ1n) is 7.16. The molecule has 1 saturated heterocycles. The average Bonchev–Trinajstić information content (AvgIpc) is 3.05. The maximum atomic E-state index is 12.1. The van der Waals surface area contributed by atoms with Gasteiger partial charge in [0.2, 0.25) is 11.8 Å². The minimum absolute atomic E-state index is 0.253. The van der Waals surface area contributed by atoms with Gasteiger partial charge in [-0.25, -0.2) is 0 Å². The number of hydrogen-bond acceptors (Lipinski definition) is 7. The first-order valence-corrected chi connectivity index (χ1v) is 7.16. The predicted octanol–water partition coefficient (Wildman–Crippen LogP) is -1.41. The molecule has 0 aromatic carbocycles.